The van der Waals surface area contributed by atoms with E-state index in [1.54, 1.807) is 0 Å². The number of nitrogens with one attached hydrogen (secondary N) is 2. The molecule has 2 fully saturated rings. The quantitative estimate of drug-likeness (QED) is 0.758. The van der Waals surface area contributed by atoms with Gasteiger partial charge in [-0.2, -0.15) is 0 Å². The lowest BCUT2D eigenvalue weighted by Gasteiger charge is -2.16. The van der Waals surface area contributed by atoms with E-state index in [0.717, 1.165) is 24.3 Å². The molecule has 0 aliphatic heterocycles. The van der Waals surface area contributed by atoms with E-state index in [1.165, 1.54) is 25.7 Å². The van der Waals surface area contributed by atoms with Gasteiger partial charge in [-0.25, -0.2) is 0 Å². The van der Waals surface area contributed by atoms with Gasteiger partial charge in [0.25, 0.3) is 0 Å². The molecule has 142 valence electrons. The van der Waals surface area contributed by atoms with Crippen LogP contribution in [0.3, 0.4) is 0 Å². The highest BCUT2D eigenvalue weighted by atomic mass is 16.5. The lowest BCUT2D eigenvalue weighted by Crippen LogP contribution is -2.36. The average Bonchev–Trinajstić information content (AvgIpc) is 3.40. The fourth-order valence-corrected chi connectivity index (χ4v) is 3.63. The maximum absolute atomic E-state index is 12.4. The van der Waals surface area contributed by atoms with E-state index in [0.29, 0.717) is 12.5 Å². The monoisotopic (exact) mass is 358 g/mol. The molecule has 1 aromatic rings. The van der Waals surface area contributed by atoms with Crippen molar-refractivity contribution in [1.82, 2.24) is 5.32 Å². The molecule has 2 unspecified atom stereocenters. The molecule has 0 heterocycles. The van der Waals surface area contributed by atoms with Gasteiger partial charge in [0.15, 0.2) is 0 Å². The summed E-state index contributed by atoms with van der Waals surface area (Å²) < 4.78 is 5.60. The molecule has 2 N–H and O–H groups in total. The van der Waals surface area contributed by atoms with Crippen molar-refractivity contribution in [1.29, 1.82) is 0 Å². The van der Waals surface area contributed by atoms with Crippen molar-refractivity contribution in [3.8, 4) is 5.75 Å². The largest absolute Gasteiger partial charge is 0.491 e. The van der Waals surface area contributed by atoms with Crippen molar-refractivity contribution < 1.29 is 14.3 Å². The minimum absolute atomic E-state index is 0.0535. The molecule has 2 aliphatic rings. The second-order valence-corrected chi connectivity index (χ2v) is 7.83. The molecule has 0 saturated heterocycles. The fraction of sp³-hybridized carbons (Fsp3) is 0.619. The van der Waals surface area contributed by atoms with Crippen molar-refractivity contribution in [3.05, 3.63) is 24.3 Å². The molecular formula is C21H30N2O3. The van der Waals surface area contributed by atoms with Crippen LogP contribution in [0.15, 0.2) is 24.3 Å². The highest BCUT2D eigenvalue weighted by molar-refractivity contribution is 5.99. The highest BCUT2D eigenvalue weighted by Gasteiger charge is 2.48. The highest BCUT2D eigenvalue weighted by Crippen LogP contribution is 2.40. The van der Waals surface area contributed by atoms with Gasteiger partial charge in [-0.05, 0) is 57.4 Å². The van der Waals surface area contributed by atoms with Gasteiger partial charge in [0.1, 0.15) is 5.75 Å². The number of rotatable bonds is 6. The van der Waals surface area contributed by atoms with Crippen molar-refractivity contribution in [2.45, 2.75) is 70.9 Å². The van der Waals surface area contributed by atoms with Crippen molar-refractivity contribution >= 4 is 17.5 Å². The van der Waals surface area contributed by atoms with Crippen LogP contribution in [0.4, 0.5) is 5.69 Å². The molecule has 0 aromatic heterocycles. The van der Waals surface area contributed by atoms with Crippen LogP contribution in [-0.2, 0) is 9.59 Å². The third kappa shape index (κ3) is 5.23. The maximum Gasteiger partial charge on any atom is 0.228 e. The van der Waals surface area contributed by atoms with Crippen molar-refractivity contribution in [3.63, 3.8) is 0 Å². The second kappa shape index (κ2) is 8.56. The Morgan fingerprint density at radius 1 is 0.962 bits per heavy atom. The Morgan fingerprint density at radius 2 is 1.58 bits per heavy atom. The summed E-state index contributed by atoms with van der Waals surface area (Å²) in [7, 11) is 0. The Morgan fingerprint density at radius 3 is 2.19 bits per heavy atom. The van der Waals surface area contributed by atoms with E-state index in [9.17, 15) is 9.59 Å². The molecule has 26 heavy (non-hydrogen) atoms. The van der Waals surface area contributed by atoms with Crippen LogP contribution in [-0.4, -0.2) is 24.0 Å². The zero-order chi connectivity index (χ0) is 18.5. The van der Waals surface area contributed by atoms with E-state index in [4.69, 9.17) is 4.74 Å². The van der Waals surface area contributed by atoms with Gasteiger partial charge in [-0.1, -0.05) is 25.7 Å². The molecule has 2 aliphatic carbocycles. The van der Waals surface area contributed by atoms with E-state index in [2.05, 4.69) is 10.6 Å². The zero-order valence-electron chi connectivity index (χ0n) is 15.8. The molecule has 5 heteroatoms. The number of anilines is 1. The number of benzene rings is 1. The summed E-state index contributed by atoms with van der Waals surface area (Å²) in [6.45, 7) is 3.95. The van der Waals surface area contributed by atoms with E-state index in [-0.39, 0.29) is 29.8 Å². The number of carbonyl (C=O) groups is 2. The number of carbonyl (C=O) groups excluding carboxylic acids is 2. The average molecular weight is 358 g/mol. The first kappa shape index (κ1) is 18.7. The predicted molar refractivity (Wildman–Crippen MR) is 102 cm³/mol. The number of ether oxygens (including phenoxy) is 1. The molecule has 5 nitrogen and oxygen atoms in total. The van der Waals surface area contributed by atoms with Crippen LogP contribution in [0.25, 0.3) is 0 Å². The molecule has 2 atom stereocenters. The Kier molecular flexibility index (Phi) is 6.17. The number of hydrogen-bond acceptors (Lipinski definition) is 3. The van der Waals surface area contributed by atoms with E-state index >= 15 is 0 Å². The predicted octanol–water partition coefficient (Wildman–Crippen LogP) is 3.89. The van der Waals surface area contributed by atoms with Crippen LogP contribution in [0.5, 0.6) is 5.75 Å². The molecule has 2 saturated carbocycles. The lowest BCUT2D eigenvalue weighted by molar-refractivity contribution is -0.125. The minimum Gasteiger partial charge on any atom is -0.491 e. The van der Waals surface area contributed by atoms with Crippen LogP contribution in [0, 0.1) is 11.8 Å². The van der Waals surface area contributed by atoms with E-state index < -0.39 is 0 Å². The van der Waals surface area contributed by atoms with E-state index in [1.807, 2.05) is 38.1 Å². The molecule has 1 aromatic carbocycles. The summed E-state index contributed by atoms with van der Waals surface area (Å²) in [5, 5.41) is 6.07. The van der Waals surface area contributed by atoms with Crippen LogP contribution < -0.4 is 15.4 Å². The van der Waals surface area contributed by atoms with Gasteiger partial charge in [0, 0.05) is 11.7 Å². The van der Waals surface area contributed by atoms with Crippen LogP contribution >= 0.6 is 0 Å². The van der Waals surface area contributed by atoms with Gasteiger partial charge in [-0.15, -0.1) is 0 Å². The molecule has 0 spiro atoms. The SMILES string of the molecule is CC(C)Oc1ccc(NC(=O)C2CC2C(=O)NC2CCCCCC2)cc1. The normalized spacial score (nSPS) is 23.2. The first-order valence-corrected chi connectivity index (χ1v) is 9.91. The first-order chi connectivity index (χ1) is 12.5. The van der Waals surface area contributed by atoms with Crippen molar-refractivity contribution in [2.75, 3.05) is 5.32 Å². The Bertz CT molecular complexity index is 619. The zero-order valence-corrected chi connectivity index (χ0v) is 15.8. The number of hydrogen-bond donors (Lipinski definition) is 2. The Balaban J connectivity index is 1.45. The van der Waals surface area contributed by atoms with Gasteiger partial charge in [0.05, 0.1) is 17.9 Å². The smallest absolute Gasteiger partial charge is 0.228 e. The maximum atomic E-state index is 12.4. The number of amides is 2. The summed E-state index contributed by atoms with van der Waals surface area (Å²) in [6.07, 6.45) is 7.82. The summed E-state index contributed by atoms with van der Waals surface area (Å²) >= 11 is 0. The van der Waals surface area contributed by atoms with Gasteiger partial charge < -0.3 is 15.4 Å². The molecule has 2 amide bonds. The van der Waals surface area contributed by atoms with Gasteiger partial charge >= 0.3 is 0 Å². The van der Waals surface area contributed by atoms with Crippen molar-refractivity contribution in [2.24, 2.45) is 11.8 Å². The fourth-order valence-electron chi connectivity index (χ4n) is 3.63. The van der Waals surface area contributed by atoms with Gasteiger partial charge in [0.2, 0.25) is 11.8 Å². The van der Waals surface area contributed by atoms with Crippen LogP contribution in [0.1, 0.15) is 58.8 Å². The standard InChI is InChI=1S/C21H30N2O3/c1-14(2)26-17-11-9-16(10-12-17)23-21(25)19-13-18(19)20(24)22-15-7-5-3-4-6-8-15/h9-12,14-15,18-19H,3-8,13H2,1-2H3,(H,22,24)(H,23,25). The summed E-state index contributed by atoms with van der Waals surface area (Å²) in [5.74, 6) is 0.403. The lowest BCUT2D eigenvalue weighted by atomic mass is 10.1. The molecule has 0 radical (unpaired) electrons. The minimum atomic E-state index is -0.202. The van der Waals surface area contributed by atoms with Gasteiger partial charge in [-0.3, -0.25) is 9.59 Å². The third-order valence-corrected chi connectivity index (χ3v) is 5.16. The summed E-state index contributed by atoms with van der Waals surface area (Å²) in [6, 6.07) is 7.65. The Labute approximate surface area is 155 Å². The third-order valence-electron chi connectivity index (χ3n) is 5.16. The Hall–Kier alpha value is -2.04. The molecule has 0 bridgehead atoms. The topological polar surface area (TPSA) is 67.4 Å². The first-order valence-electron chi connectivity index (χ1n) is 9.91. The molecule has 3 rings (SSSR count). The molecular weight excluding hydrogens is 328 g/mol. The summed E-state index contributed by atoms with van der Waals surface area (Å²) in [5.41, 5.74) is 0.737. The van der Waals surface area contributed by atoms with Crippen LogP contribution in [0.2, 0.25) is 0 Å². The summed E-state index contributed by atoms with van der Waals surface area (Å²) in [4.78, 5) is 24.8. The second-order valence-electron chi connectivity index (χ2n) is 7.83.